The molecule has 0 spiro atoms. The first-order chi connectivity index (χ1) is 10.1. The molecule has 0 saturated carbocycles. The van der Waals surface area contributed by atoms with Crippen LogP contribution in [0.25, 0.3) is 0 Å². The van der Waals surface area contributed by atoms with Crippen LogP contribution in [0.2, 0.25) is 0 Å². The van der Waals surface area contributed by atoms with Crippen LogP contribution in [0, 0.1) is 0 Å². The number of nitrogens with one attached hydrogen (secondary N) is 1. The first-order valence-electron chi connectivity index (χ1n) is 7.54. The zero-order chi connectivity index (χ0) is 14.8. The van der Waals surface area contributed by atoms with Crippen LogP contribution in [0.3, 0.4) is 0 Å². The van der Waals surface area contributed by atoms with Crippen molar-refractivity contribution in [1.29, 1.82) is 0 Å². The van der Waals surface area contributed by atoms with Gasteiger partial charge in [0, 0.05) is 24.3 Å². The molecule has 1 aromatic heterocycles. The van der Waals surface area contributed by atoms with Gasteiger partial charge in [-0.2, -0.15) is 5.10 Å². The Kier molecular flexibility index (Phi) is 3.88. The van der Waals surface area contributed by atoms with Crippen molar-refractivity contribution in [3.63, 3.8) is 0 Å². The van der Waals surface area contributed by atoms with Crippen molar-refractivity contribution in [2.24, 2.45) is 0 Å². The highest BCUT2D eigenvalue weighted by molar-refractivity contribution is 5.99. The van der Waals surface area contributed by atoms with E-state index in [1.165, 1.54) is 11.1 Å². The van der Waals surface area contributed by atoms with Crippen molar-refractivity contribution >= 4 is 5.78 Å². The fourth-order valence-corrected chi connectivity index (χ4v) is 2.81. The van der Waals surface area contributed by atoms with Crippen molar-refractivity contribution in [1.82, 2.24) is 15.1 Å². The molecule has 4 heteroatoms. The Balaban J connectivity index is 1.82. The standard InChI is InChI=1S/C17H21N3O/c1-12(2)20-9-7-14(19-20)10-17(21)16-5-3-4-13-11-18-8-6-15(13)16/h3-5,7,9,12,18H,6,8,10-11H2,1-2H3. The average Bonchev–Trinajstić information content (AvgIpc) is 2.95. The smallest absolute Gasteiger partial charge is 0.169 e. The van der Waals surface area contributed by atoms with E-state index in [0.717, 1.165) is 30.8 Å². The first-order valence-corrected chi connectivity index (χ1v) is 7.54. The number of carbonyl (C=O) groups excluding carboxylic acids is 1. The van der Waals surface area contributed by atoms with E-state index in [9.17, 15) is 4.79 Å². The Labute approximate surface area is 125 Å². The molecule has 2 aromatic rings. The second-order valence-electron chi connectivity index (χ2n) is 5.85. The predicted molar refractivity (Wildman–Crippen MR) is 82.5 cm³/mol. The van der Waals surface area contributed by atoms with Crippen LogP contribution in [-0.4, -0.2) is 22.1 Å². The molecule has 0 bridgehead atoms. The molecule has 1 aliphatic heterocycles. The molecule has 0 saturated heterocycles. The zero-order valence-electron chi connectivity index (χ0n) is 12.6. The normalized spacial score (nSPS) is 14.2. The van der Waals surface area contributed by atoms with Crippen LogP contribution < -0.4 is 5.32 Å². The Morgan fingerprint density at radius 2 is 2.24 bits per heavy atom. The minimum atomic E-state index is 0.169. The van der Waals surface area contributed by atoms with Crippen molar-refractivity contribution in [3.05, 3.63) is 52.8 Å². The van der Waals surface area contributed by atoms with Crippen LogP contribution in [0.1, 0.15) is 47.1 Å². The van der Waals surface area contributed by atoms with Crippen molar-refractivity contribution in [2.75, 3.05) is 6.54 Å². The molecule has 0 unspecified atom stereocenters. The highest BCUT2D eigenvalue weighted by Gasteiger charge is 2.18. The first kappa shape index (κ1) is 14.0. The van der Waals surface area contributed by atoms with Gasteiger partial charge < -0.3 is 5.32 Å². The molecule has 3 rings (SSSR count). The van der Waals surface area contributed by atoms with Gasteiger partial charge in [-0.15, -0.1) is 0 Å². The molecule has 0 fully saturated rings. The highest BCUT2D eigenvalue weighted by atomic mass is 16.1. The van der Waals surface area contributed by atoms with Gasteiger partial charge in [0.25, 0.3) is 0 Å². The van der Waals surface area contributed by atoms with E-state index in [1.807, 2.05) is 29.1 Å². The summed E-state index contributed by atoms with van der Waals surface area (Å²) in [6, 6.07) is 8.29. The number of Topliss-reactive ketones (excluding diaryl/α,β-unsaturated/α-hetero) is 1. The molecular weight excluding hydrogens is 262 g/mol. The third-order valence-electron chi connectivity index (χ3n) is 3.98. The fourth-order valence-electron chi connectivity index (χ4n) is 2.81. The molecule has 1 aliphatic rings. The van der Waals surface area contributed by atoms with Gasteiger partial charge in [0.1, 0.15) is 0 Å². The maximum absolute atomic E-state index is 12.6. The van der Waals surface area contributed by atoms with Gasteiger partial charge in [0.05, 0.1) is 12.1 Å². The lowest BCUT2D eigenvalue weighted by Crippen LogP contribution is -2.25. The Hall–Kier alpha value is -1.94. The fraction of sp³-hybridized carbons (Fsp3) is 0.412. The summed E-state index contributed by atoms with van der Waals surface area (Å²) in [5.74, 6) is 0.169. The Morgan fingerprint density at radius 1 is 1.38 bits per heavy atom. The molecule has 110 valence electrons. The summed E-state index contributed by atoms with van der Waals surface area (Å²) in [4.78, 5) is 12.6. The lowest BCUT2D eigenvalue weighted by Gasteiger charge is -2.19. The lowest BCUT2D eigenvalue weighted by atomic mass is 9.92. The van der Waals surface area contributed by atoms with E-state index in [-0.39, 0.29) is 5.78 Å². The van der Waals surface area contributed by atoms with E-state index in [4.69, 9.17) is 0 Å². The van der Waals surface area contributed by atoms with E-state index in [2.05, 4.69) is 30.3 Å². The molecule has 1 N–H and O–H groups in total. The number of fused-ring (bicyclic) bond motifs is 1. The Morgan fingerprint density at radius 3 is 3.00 bits per heavy atom. The maximum atomic E-state index is 12.6. The van der Waals surface area contributed by atoms with Gasteiger partial charge in [-0.05, 0) is 44.0 Å². The second kappa shape index (κ2) is 5.82. The van der Waals surface area contributed by atoms with Crippen LogP contribution in [-0.2, 0) is 19.4 Å². The molecular formula is C17H21N3O. The average molecular weight is 283 g/mol. The van der Waals surface area contributed by atoms with Crippen LogP contribution in [0.15, 0.2) is 30.5 Å². The van der Waals surface area contributed by atoms with Gasteiger partial charge in [0.15, 0.2) is 5.78 Å². The van der Waals surface area contributed by atoms with Crippen molar-refractivity contribution < 1.29 is 4.79 Å². The van der Waals surface area contributed by atoms with Crippen molar-refractivity contribution in [3.8, 4) is 0 Å². The second-order valence-corrected chi connectivity index (χ2v) is 5.85. The summed E-state index contributed by atoms with van der Waals surface area (Å²) >= 11 is 0. The molecule has 4 nitrogen and oxygen atoms in total. The van der Waals surface area contributed by atoms with Gasteiger partial charge in [-0.25, -0.2) is 0 Å². The maximum Gasteiger partial charge on any atom is 0.169 e. The number of benzene rings is 1. The summed E-state index contributed by atoms with van der Waals surface area (Å²) in [5.41, 5.74) is 4.18. The number of ketones is 1. The Bertz CT molecular complexity index is 658. The number of hydrogen-bond donors (Lipinski definition) is 1. The highest BCUT2D eigenvalue weighted by Crippen LogP contribution is 2.20. The molecule has 21 heavy (non-hydrogen) atoms. The molecule has 2 heterocycles. The summed E-state index contributed by atoms with van der Waals surface area (Å²) in [6.07, 6.45) is 3.25. The number of hydrogen-bond acceptors (Lipinski definition) is 3. The SMILES string of the molecule is CC(C)n1ccc(CC(=O)c2cccc3c2CCNC3)n1. The van der Waals surface area contributed by atoms with Gasteiger partial charge in [-0.3, -0.25) is 9.48 Å². The quantitative estimate of drug-likeness (QED) is 0.877. The van der Waals surface area contributed by atoms with Crippen LogP contribution in [0.4, 0.5) is 0 Å². The molecule has 1 aromatic carbocycles. The van der Waals surface area contributed by atoms with Gasteiger partial charge in [-0.1, -0.05) is 18.2 Å². The van der Waals surface area contributed by atoms with Crippen molar-refractivity contribution in [2.45, 2.75) is 39.3 Å². The number of aromatic nitrogens is 2. The van der Waals surface area contributed by atoms with Gasteiger partial charge >= 0.3 is 0 Å². The summed E-state index contributed by atoms with van der Waals surface area (Å²) in [7, 11) is 0. The van der Waals surface area contributed by atoms with Crippen LogP contribution >= 0.6 is 0 Å². The predicted octanol–water partition coefficient (Wildman–Crippen LogP) is 2.54. The molecule has 0 radical (unpaired) electrons. The number of carbonyl (C=O) groups is 1. The molecule has 0 amide bonds. The largest absolute Gasteiger partial charge is 0.312 e. The van der Waals surface area contributed by atoms with E-state index < -0.39 is 0 Å². The van der Waals surface area contributed by atoms with E-state index in [0.29, 0.717) is 12.5 Å². The number of rotatable bonds is 4. The van der Waals surface area contributed by atoms with Crippen LogP contribution in [0.5, 0.6) is 0 Å². The lowest BCUT2D eigenvalue weighted by molar-refractivity contribution is 0.0990. The number of nitrogens with zero attached hydrogens (tertiary/aromatic N) is 2. The van der Waals surface area contributed by atoms with Gasteiger partial charge in [0.2, 0.25) is 0 Å². The zero-order valence-corrected chi connectivity index (χ0v) is 12.6. The molecule has 0 atom stereocenters. The topological polar surface area (TPSA) is 46.9 Å². The monoisotopic (exact) mass is 283 g/mol. The van der Waals surface area contributed by atoms with E-state index >= 15 is 0 Å². The third kappa shape index (κ3) is 2.90. The summed E-state index contributed by atoms with van der Waals surface area (Å²) in [5, 5.41) is 7.82. The third-order valence-corrected chi connectivity index (χ3v) is 3.98. The molecule has 0 aliphatic carbocycles. The summed E-state index contributed by atoms with van der Waals surface area (Å²) < 4.78 is 1.90. The minimum Gasteiger partial charge on any atom is -0.312 e. The van der Waals surface area contributed by atoms with E-state index in [1.54, 1.807) is 0 Å². The summed E-state index contributed by atoms with van der Waals surface area (Å²) in [6.45, 7) is 5.97. The minimum absolute atomic E-state index is 0.169.